The maximum Gasteiger partial charge on any atom is 0.165 e. The largest absolute Gasteiger partial charge is 0.549 e. The molecule has 0 saturated carbocycles. The summed E-state index contributed by atoms with van der Waals surface area (Å²) in [6, 6.07) is 19.5. The average Bonchev–Trinajstić information content (AvgIpc) is 2.56. The SMILES string of the molecule is C[C@H](SC(=Nc1ccccc1)N(C)Cc1ccccc1)C(=O)[O-]. The Morgan fingerprint density at radius 2 is 1.70 bits per heavy atom. The maximum atomic E-state index is 11.1. The van der Waals surface area contributed by atoms with Crippen molar-refractivity contribution in [2.24, 2.45) is 4.99 Å². The van der Waals surface area contributed by atoms with Crippen LogP contribution in [0.5, 0.6) is 0 Å². The van der Waals surface area contributed by atoms with Crippen molar-refractivity contribution in [3.8, 4) is 0 Å². The number of carbonyl (C=O) groups is 1. The van der Waals surface area contributed by atoms with E-state index in [-0.39, 0.29) is 0 Å². The summed E-state index contributed by atoms with van der Waals surface area (Å²) in [7, 11) is 1.91. The normalized spacial score (nSPS) is 12.7. The van der Waals surface area contributed by atoms with Crippen LogP contribution in [0.4, 0.5) is 5.69 Å². The van der Waals surface area contributed by atoms with E-state index in [0.29, 0.717) is 11.7 Å². The summed E-state index contributed by atoms with van der Waals surface area (Å²) < 4.78 is 0. The van der Waals surface area contributed by atoms with E-state index in [2.05, 4.69) is 4.99 Å². The van der Waals surface area contributed by atoms with Gasteiger partial charge in [0.2, 0.25) is 0 Å². The van der Waals surface area contributed by atoms with E-state index < -0.39 is 11.2 Å². The third-order valence-electron chi connectivity index (χ3n) is 3.18. The Morgan fingerprint density at radius 1 is 1.13 bits per heavy atom. The predicted octanol–water partition coefficient (Wildman–Crippen LogP) is 2.68. The van der Waals surface area contributed by atoms with Gasteiger partial charge in [-0.2, -0.15) is 0 Å². The quantitative estimate of drug-likeness (QED) is 0.626. The molecule has 0 spiro atoms. The minimum atomic E-state index is -1.09. The highest BCUT2D eigenvalue weighted by atomic mass is 32.2. The second-order valence-electron chi connectivity index (χ2n) is 5.15. The molecule has 2 aromatic carbocycles. The lowest BCUT2D eigenvalue weighted by atomic mass is 10.2. The van der Waals surface area contributed by atoms with Crippen LogP contribution in [0.3, 0.4) is 0 Å². The smallest absolute Gasteiger partial charge is 0.165 e. The van der Waals surface area contributed by atoms with Crippen molar-refractivity contribution in [3.63, 3.8) is 0 Å². The maximum absolute atomic E-state index is 11.1. The molecule has 4 nitrogen and oxygen atoms in total. The predicted molar refractivity (Wildman–Crippen MR) is 93.5 cm³/mol. The van der Waals surface area contributed by atoms with E-state index >= 15 is 0 Å². The van der Waals surface area contributed by atoms with Crippen molar-refractivity contribution in [1.82, 2.24) is 4.90 Å². The molecule has 0 heterocycles. The number of nitrogens with zero attached hydrogens (tertiary/aromatic N) is 2. The van der Waals surface area contributed by atoms with Gasteiger partial charge in [0.05, 0.1) is 11.7 Å². The summed E-state index contributed by atoms with van der Waals surface area (Å²) in [5.41, 5.74) is 1.93. The van der Waals surface area contributed by atoms with Gasteiger partial charge in [-0.05, 0) is 24.6 Å². The first-order valence-electron chi connectivity index (χ1n) is 7.32. The molecule has 0 aromatic heterocycles. The molecule has 0 aliphatic rings. The Morgan fingerprint density at radius 3 is 2.26 bits per heavy atom. The number of benzene rings is 2. The number of hydrogen-bond acceptors (Lipinski definition) is 4. The highest BCUT2D eigenvalue weighted by Gasteiger charge is 2.14. The van der Waals surface area contributed by atoms with Crippen LogP contribution >= 0.6 is 11.8 Å². The molecule has 5 heteroatoms. The molecular formula is C18H19N2O2S-. The van der Waals surface area contributed by atoms with Crippen molar-refractivity contribution in [3.05, 3.63) is 66.2 Å². The highest BCUT2D eigenvalue weighted by Crippen LogP contribution is 2.21. The minimum Gasteiger partial charge on any atom is -0.549 e. The summed E-state index contributed by atoms with van der Waals surface area (Å²) in [4.78, 5) is 17.6. The van der Waals surface area contributed by atoms with Crippen LogP contribution in [0.1, 0.15) is 12.5 Å². The summed E-state index contributed by atoms with van der Waals surface area (Å²) in [6.45, 7) is 2.26. The molecular weight excluding hydrogens is 308 g/mol. The first-order chi connectivity index (χ1) is 11.1. The number of carboxylic acid groups (broad SMARTS) is 1. The number of carboxylic acids is 1. The van der Waals surface area contributed by atoms with Gasteiger partial charge >= 0.3 is 0 Å². The van der Waals surface area contributed by atoms with Crippen LogP contribution in [0.15, 0.2) is 65.7 Å². The number of rotatable bonds is 5. The van der Waals surface area contributed by atoms with E-state index in [0.717, 1.165) is 11.3 Å². The third-order valence-corrected chi connectivity index (χ3v) is 4.34. The number of amidine groups is 1. The van der Waals surface area contributed by atoms with Crippen LogP contribution in [-0.4, -0.2) is 28.3 Å². The van der Waals surface area contributed by atoms with Gasteiger partial charge < -0.3 is 14.8 Å². The Kier molecular flexibility index (Phi) is 6.23. The summed E-state index contributed by atoms with van der Waals surface area (Å²) in [5.74, 6) is -1.09. The van der Waals surface area contributed by atoms with Gasteiger partial charge in [0.15, 0.2) is 5.17 Å². The molecule has 0 N–H and O–H groups in total. The second kappa shape index (κ2) is 8.39. The van der Waals surface area contributed by atoms with E-state index in [1.54, 1.807) is 6.92 Å². The standard InChI is InChI=1S/C18H20N2O2S/c1-14(17(21)22)23-18(19-16-11-7-4-8-12-16)20(2)13-15-9-5-3-6-10-15/h3-12,14H,13H2,1-2H3,(H,21,22)/p-1/t14-/m0/s1. The summed E-state index contributed by atoms with van der Waals surface area (Å²) in [6.07, 6.45) is 0. The number of aliphatic carboxylic acids is 1. The first-order valence-corrected chi connectivity index (χ1v) is 8.20. The van der Waals surface area contributed by atoms with E-state index in [9.17, 15) is 9.90 Å². The minimum absolute atomic E-state index is 0.650. The van der Waals surface area contributed by atoms with Crippen LogP contribution in [0, 0.1) is 0 Å². The monoisotopic (exact) mass is 327 g/mol. The molecule has 120 valence electrons. The number of carbonyl (C=O) groups excluding carboxylic acids is 1. The zero-order chi connectivity index (χ0) is 16.7. The van der Waals surface area contributed by atoms with Gasteiger partial charge in [0, 0.05) is 18.8 Å². The third kappa shape index (κ3) is 5.45. The number of aliphatic imine (C=N–C) groups is 1. The molecule has 0 bridgehead atoms. The zero-order valence-corrected chi connectivity index (χ0v) is 14.0. The van der Waals surface area contributed by atoms with Crippen LogP contribution in [-0.2, 0) is 11.3 Å². The van der Waals surface area contributed by atoms with E-state index in [4.69, 9.17) is 0 Å². The van der Waals surface area contributed by atoms with Gasteiger partial charge in [-0.25, -0.2) is 4.99 Å². The number of para-hydroxylation sites is 1. The van der Waals surface area contributed by atoms with Gasteiger partial charge in [-0.15, -0.1) is 0 Å². The fourth-order valence-electron chi connectivity index (χ4n) is 1.95. The summed E-state index contributed by atoms with van der Waals surface area (Å²) >= 11 is 1.19. The van der Waals surface area contributed by atoms with E-state index in [1.807, 2.05) is 72.6 Å². The summed E-state index contributed by atoms with van der Waals surface area (Å²) in [5, 5.41) is 11.0. The fourth-order valence-corrected chi connectivity index (χ4v) is 2.76. The Bertz CT molecular complexity index is 659. The Hall–Kier alpha value is -2.27. The van der Waals surface area contributed by atoms with Gasteiger partial charge in [-0.1, -0.05) is 60.3 Å². The Labute approximate surface area is 140 Å². The molecule has 0 radical (unpaired) electrons. The highest BCUT2D eigenvalue weighted by molar-refractivity contribution is 8.14. The lowest BCUT2D eigenvalue weighted by Crippen LogP contribution is -2.34. The van der Waals surface area contributed by atoms with Gasteiger partial charge in [-0.3, -0.25) is 0 Å². The van der Waals surface area contributed by atoms with Crippen molar-refractivity contribution in [2.45, 2.75) is 18.7 Å². The lowest BCUT2D eigenvalue weighted by molar-refractivity contribution is -0.304. The molecule has 0 unspecified atom stereocenters. The zero-order valence-electron chi connectivity index (χ0n) is 13.2. The van der Waals surface area contributed by atoms with Crippen molar-refractivity contribution < 1.29 is 9.90 Å². The first kappa shape index (κ1) is 17.1. The number of hydrogen-bond donors (Lipinski definition) is 0. The molecule has 0 fully saturated rings. The molecule has 2 aromatic rings. The fraction of sp³-hybridized carbons (Fsp3) is 0.222. The molecule has 2 rings (SSSR count). The average molecular weight is 327 g/mol. The van der Waals surface area contributed by atoms with E-state index in [1.165, 1.54) is 11.8 Å². The Balaban J connectivity index is 2.21. The molecule has 1 atom stereocenters. The lowest BCUT2D eigenvalue weighted by Gasteiger charge is -2.23. The molecule has 0 amide bonds. The van der Waals surface area contributed by atoms with Crippen LogP contribution in [0.25, 0.3) is 0 Å². The molecule has 23 heavy (non-hydrogen) atoms. The van der Waals surface area contributed by atoms with Crippen molar-refractivity contribution >= 4 is 28.6 Å². The van der Waals surface area contributed by atoms with Crippen LogP contribution < -0.4 is 5.11 Å². The van der Waals surface area contributed by atoms with Crippen molar-refractivity contribution in [1.29, 1.82) is 0 Å². The van der Waals surface area contributed by atoms with Crippen LogP contribution in [0.2, 0.25) is 0 Å². The molecule has 0 aliphatic carbocycles. The molecule has 0 saturated heterocycles. The topological polar surface area (TPSA) is 55.7 Å². The van der Waals surface area contributed by atoms with Gasteiger partial charge in [0.25, 0.3) is 0 Å². The van der Waals surface area contributed by atoms with Gasteiger partial charge in [0.1, 0.15) is 0 Å². The number of thioether (sulfide) groups is 1. The molecule has 0 aliphatic heterocycles. The van der Waals surface area contributed by atoms with Crippen molar-refractivity contribution in [2.75, 3.05) is 7.05 Å². The second-order valence-corrected chi connectivity index (χ2v) is 6.46.